The van der Waals surface area contributed by atoms with Crippen molar-refractivity contribution in [3.8, 4) is 0 Å². The van der Waals surface area contributed by atoms with E-state index in [0.29, 0.717) is 25.2 Å². The summed E-state index contributed by atoms with van der Waals surface area (Å²) < 4.78 is 0. The van der Waals surface area contributed by atoms with Crippen LogP contribution in [0.15, 0.2) is 24.3 Å². The third-order valence-electron chi connectivity index (χ3n) is 4.87. The minimum Gasteiger partial charge on any atom is -0.341 e. The van der Waals surface area contributed by atoms with Gasteiger partial charge >= 0.3 is 0 Å². The minimum atomic E-state index is -0.677. The summed E-state index contributed by atoms with van der Waals surface area (Å²) in [7, 11) is 0. The topological polar surface area (TPSA) is 105 Å². The number of likely N-dealkylation sites (tertiary alicyclic amines) is 1. The van der Waals surface area contributed by atoms with E-state index in [1.54, 1.807) is 11.8 Å². The smallest absolute Gasteiger partial charge is 0.270 e. The number of carbonyl (C=O) groups is 2. The molecule has 3 unspecified atom stereocenters. The number of rotatable bonds is 4. The number of nitrogens with one attached hydrogen (secondary N) is 2. The fourth-order valence-corrected chi connectivity index (χ4v) is 3.52. The Morgan fingerprint density at radius 2 is 2.08 bits per heavy atom. The summed E-state index contributed by atoms with van der Waals surface area (Å²) in [6, 6.07) is 5.62. The van der Waals surface area contributed by atoms with E-state index in [9.17, 15) is 19.7 Å². The lowest BCUT2D eigenvalue weighted by molar-refractivity contribution is -0.384. The standard InChI is InChI=1S/C17H22N4O4/c1-11(17(23)20-8-7-13-5-6-14(10-20)19-13)18-16(22)12-3-2-4-15(9-12)21(24)25/h2-4,9,11,13-14,19H,5-8,10H2,1H3,(H,18,22). The molecule has 1 aromatic rings. The fraction of sp³-hybridized carbons (Fsp3) is 0.529. The normalized spacial score (nSPS) is 23.6. The molecule has 2 saturated heterocycles. The van der Waals surface area contributed by atoms with Crippen LogP contribution in [0.5, 0.6) is 0 Å². The lowest BCUT2D eigenvalue weighted by Gasteiger charge is -2.27. The molecule has 134 valence electrons. The zero-order valence-corrected chi connectivity index (χ0v) is 14.1. The predicted molar refractivity (Wildman–Crippen MR) is 91.2 cm³/mol. The number of benzene rings is 1. The van der Waals surface area contributed by atoms with Gasteiger partial charge in [-0.1, -0.05) is 6.07 Å². The molecule has 1 aromatic carbocycles. The largest absolute Gasteiger partial charge is 0.341 e. The number of carbonyl (C=O) groups excluding carboxylic acids is 2. The number of fused-ring (bicyclic) bond motifs is 2. The molecule has 0 saturated carbocycles. The maximum Gasteiger partial charge on any atom is 0.270 e. The average molecular weight is 346 g/mol. The van der Waals surface area contributed by atoms with Crippen molar-refractivity contribution >= 4 is 17.5 Å². The number of nitro benzene ring substituents is 1. The number of hydrogen-bond acceptors (Lipinski definition) is 5. The first-order valence-corrected chi connectivity index (χ1v) is 8.54. The Morgan fingerprint density at radius 3 is 2.84 bits per heavy atom. The number of nitrogens with zero attached hydrogens (tertiary/aromatic N) is 2. The molecule has 25 heavy (non-hydrogen) atoms. The first-order chi connectivity index (χ1) is 11.9. The highest BCUT2D eigenvalue weighted by molar-refractivity contribution is 5.97. The SMILES string of the molecule is CC(NC(=O)c1cccc([N+](=O)[O-])c1)C(=O)N1CCC2CCC(C1)N2. The van der Waals surface area contributed by atoms with Crippen LogP contribution in [-0.4, -0.2) is 52.9 Å². The second-order valence-electron chi connectivity index (χ2n) is 6.71. The van der Waals surface area contributed by atoms with Crippen LogP contribution >= 0.6 is 0 Å². The maximum atomic E-state index is 12.6. The van der Waals surface area contributed by atoms with E-state index in [1.807, 2.05) is 0 Å². The summed E-state index contributed by atoms with van der Waals surface area (Å²) in [5.41, 5.74) is 0.0201. The first kappa shape index (κ1) is 17.3. The predicted octanol–water partition coefficient (Wildman–Crippen LogP) is 1.07. The number of non-ortho nitro benzene ring substituents is 1. The Hall–Kier alpha value is -2.48. The van der Waals surface area contributed by atoms with Crippen molar-refractivity contribution in [2.45, 2.75) is 44.3 Å². The summed E-state index contributed by atoms with van der Waals surface area (Å²) in [6.07, 6.45) is 3.16. The van der Waals surface area contributed by atoms with Gasteiger partial charge in [0.15, 0.2) is 0 Å². The van der Waals surface area contributed by atoms with Crippen molar-refractivity contribution < 1.29 is 14.5 Å². The van der Waals surface area contributed by atoms with Gasteiger partial charge in [-0.15, -0.1) is 0 Å². The zero-order valence-electron chi connectivity index (χ0n) is 14.1. The van der Waals surface area contributed by atoms with E-state index in [0.717, 1.165) is 19.3 Å². The fourth-order valence-electron chi connectivity index (χ4n) is 3.52. The molecular formula is C17H22N4O4. The van der Waals surface area contributed by atoms with Crippen LogP contribution < -0.4 is 10.6 Å². The van der Waals surface area contributed by atoms with Gasteiger partial charge in [-0.25, -0.2) is 0 Å². The summed E-state index contributed by atoms with van der Waals surface area (Å²) in [5.74, 6) is -0.604. The van der Waals surface area contributed by atoms with Gasteiger partial charge in [0.05, 0.1) is 4.92 Å². The van der Waals surface area contributed by atoms with Gasteiger partial charge in [0.1, 0.15) is 6.04 Å². The molecule has 8 heteroatoms. The van der Waals surface area contributed by atoms with Gasteiger partial charge in [-0.05, 0) is 32.3 Å². The molecule has 2 aliphatic rings. The van der Waals surface area contributed by atoms with E-state index in [2.05, 4.69) is 10.6 Å². The van der Waals surface area contributed by atoms with E-state index in [-0.39, 0.29) is 17.2 Å². The van der Waals surface area contributed by atoms with E-state index < -0.39 is 16.9 Å². The molecule has 0 aliphatic carbocycles. The lowest BCUT2D eigenvalue weighted by atomic mass is 10.1. The van der Waals surface area contributed by atoms with E-state index in [4.69, 9.17) is 0 Å². The van der Waals surface area contributed by atoms with Gasteiger partial charge in [-0.3, -0.25) is 19.7 Å². The van der Waals surface area contributed by atoms with Gasteiger partial charge in [0.25, 0.3) is 11.6 Å². The highest BCUT2D eigenvalue weighted by atomic mass is 16.6. The maximum absolute atomic E-state index is 12.6. The van der Waals surface area contributed by atoms with Crippen LogP contribution in [0, 0.1) is 10.1 Å². The third kappa shape index (κ3) is 3.96. The molecule has 8 nitrogen and oxygen atoms in total. The zero-order chi connectivity index (χ0) is 18.0. The van der Waals surface area contributed by atoms with Gasteiger partial charge in [0, 0.05) is 42.9 Å². The van der Waals surface area contributed by atoms with Crippen LogP contribution in [0.25, 0.3) is 0 Å². The molecular weight excluding hydrogens is 324 g/mol. The molecule has 2 aliphatic heterocycles. The summed E-state index contributed by atoms with van der Waals surface area (Å²) >= 11 is 0. The number of nitro groups is 1. The van der Waals surface area contributed by atoms with E-state index >= 15 is 0 Å². The molecule has 3 rings (SSSR count). The molecule has 2 bridgehead atoms. The summed E-state index contributed by atoms with van der Waals surface area (Å²) in [4.78, 5) is 37.0. The Morgan fingerprint density at radius 1 is 1.32 bits per heavy atom. The van der Waals surface area contributed by atoms with Crippen molar-refractivity contribution in [2.24, 2.45) is 0 Å². The van der Waals surface area contributed by atoms with Gasteiger partial charge in [0.2, 0.25) is 5.91 Å². The Kier molecular flexibility index (Phi) is 4.98. The molecule has 0 spiro atoms. The highest BCUT2D eigenvalue weighted by Gasteiger charge is 2.32. The van der Waals surface area contributed by atoms with E-state index in [1.165, 1.54) is 24.3 Å². The molecule has 2 fully saturated rings. The van der Waals surface area contributed by atoms with Crippen LogP contribution in [0.1, 0.15) is 36.5 Å². The summed E-state index contributed by atoms with van der Waals surface area (Å²) in [6.45, 7) is 2.99. The monoisotopic (exact) mass is 346 g/mol. The highest BCUT2D eigenvalue weighted by Crippen LogP contribution is 2.21. The van der Waals surface area contributed by atoms with Crippen molar-refractivity contribution in [1.82, 2.24) is 15.5 Å². The van der Waals surface area contributed by atoms with Crippen LogP contribution in [0.4, 0.5) is 5.69 Å². The van der Waals surface area contributed by atoms with Crippen molar-refractivity contribution in [1.29, 1.82) is 0 Å². The first-order valence-electron chi connectivity index (χ1n) is 8.54. The Balaban J connectivity index is 1.62. The summed E-state index contributed by atoms with van der Waals surface area (Å²) in [5, 5.41) is 17.0. The van der Waals surface area contributed by atoms with Crippen molar-refractivity contribution in [3.63, 3.8) is 0 Å². The van der Waals surface area contributed by atoms with Crippen LogP contribution in [0.3, 0.4) is 0 Å². The Labute approximate surface area is 145 Å². The quantitative estimate of drug-likeness (QED) is 0.627. The van der Waals surface area contributed by atoms with Crippen molar-refractivity contribution in [2.75, 3.05) is 13.1 Å². The Bertz CT molecular complexity index is 693. The lowest BCUT2D eigenvalue weighted by Crippen LogP contribution is -2.49. The second kappa shape index (κ2) is 7.18. The molecule has 0 aromatic heterocycles. The minimum absolute atomic E-state index is 0.117. The second-order valence-corrected chi connectivity index (χ2v) is 6.71. The molecule has 0 radical (unpaired) electrons. The van der Waals surface area contributed by atoms with Gasteiger partial charge < -0.3 is 15.5 Å². The number of hydrogen-bond donors (Lipinski definition) is 2. The molecule has 3 atom stereocenters. The van der Waals surface area contributed by atoms with Crippen LogP contribution in [0.2, 0.25) is 0 Å². The van der Waals surface area contributed by atoms with Crippen LogP contribution in [-0.2, 0) is 4.79 Å². The third-order valence-corrected chi connectivity index (χ3v) is 4.87. The number of amides is 2. The van der Waals surface area contributed by atoms with Gasteiger partial charge in [-0.2, -0.15) is 0 Å². The molecule has 2 N–H and O–H groups in total. The van der Waals surface area contributed by atoms with Crippen molar-refractivity contribution in [3.05, 3.63) is 39.9 Å². The average Bonchev–Trinajstić information content (AvgIpc) is 2.93. The molecule has 2 heterocycles. The molecule has 2 amide bonds.